The third kappa shape index (κ3) is 6.50. The maximum absolute atomic E-state index is 12.1. The molecule has 1 aliphatic rings. The average Bonchev–Trinajstić information content (AvgIpc) is 2.87. The van der Waals surface area contributed by atoms with Crippen LogP contribution in [0.1, 0.15) is 58.2 Å². The van der Waals surface area contributed by atoms with Crippen LogP contribution in [0.2, 0.25) is 0 Å². The van der Waals surface area contributed by atoms with Crippen molar-refractivity contribution in [1.29, 1.82) is 0 Å². The van der Waals surface area contributed by atoms with E-state index in [1.165, 1.54) is 0 Å². The van der Waals surface area contributed by atoms with E-state index in [0.717, 1.165) is 43.5 Å². The Bertz CT molecular complexity index is 610. The van der Waals surface area contributed by atoms with Gasteiger partial charge in [-0.2, -0.15) is 5.10 Å². The molecule has 0 aromatic carbocycles. The van der Waals surface area contributed by atoms with Crippen molar-refractivity contribution in [2.45, 2.75) is 64.8 Å². The zero-order valence-electron chi connectivity index (χ0n) is 15.8. The summed E-state index contributed by atoms with van der Waals surface area (Å²) in [5.41, 5.74) is 0. The fraction of sp³-hybridized carbons (Fsp3) is 0.812. The molecule has 2 atom stereocenters. The van der Waals surface area contributed by atoms with Crippen molar-refractivity contribution < 1.29 is 4.21 Å². The maximum atomic E-state index is 12.1. The smallest absolute Gasteiger partial charge is 0.191 e. The molecule has 0 fully saturated rings. The van der Waals surface area contributed by atoms with Gasteiger partial charge in [-0.25, -0.2) is 9.67 Å². The topological polar surface area (TPSA) is 84.2 Å². The largest absolute Gasteiger partial charge is 0.357 e. The Hall–Kier alpha value is -0.710. The normalized spacial score (nSPS) is 18.9. The van der Waals surface area contributed by atoms with E-state index in [-0.39, 0.29) is 34.8 Å². The SMILES string of the molecule is CCNC(=NCCS(=O)C(C)(C)C)NC1CCCn2nc(C)nc21.I. The fourth-order valence-electron chi connectivity index (χ4n) is 2.64. The zero-order valence-corrected chi connectivity index (χ0v) is 19.0. The molecule has 2 heterocycles. The molecule has 0 bridgehead atoms. The second-order valence-corrected chi connectivity index (χ2v) is 9.33. The number of aliphatic imine (C=N–C) groups is 1. The van der Waals surface area contributed by atoms with E-state index in [4.69, 9.17) is 0 Å². The Labute approximate surface area is 170 Å². The zero-order chi connectivity index (χ0) is 17.7. The first-order chi connectivity index (χ1) is 11.3. The summed E-state index contributed by atoms with van der Waals surface area (Å²) in [4.78, 5) is 9.13. The second kappa shape index (κ2) is 9.84. The van der Waals surface area contributed by atoms with Crippen molar-refractivity contribution in [3.63, 3.8) is 0 Å². The molecule has 0 spiro atoms. The van der Waals surface area contributed by atoms with Crippen molar-refractivity contribution in [2.75, 3.05) is 18.8 Å². The number of nitrogens with one attached hydrogen (secondary N) is 2. The van der Waals surface area contributed by atoms with E-state index < -0.39 is 10.8 Å². The van der Waals surface area contributed by atoms with Crippen LogP contribution in [0.15, 0.2) is 4.99 Å². The van der Waals surface area contributed by atoms with Crippen molar-refractivity contribution in [1.82, 2.24) is 25.4 Å². The van der Waals surface area contributed by atoms with Crippen molar-refractivity contribution in [3.8, 4) is 0 Å². The van der Waals surface area contributed by atoms with Gasteiger partial charge < -0.3 is 10.6 Å². The third-order valence-electron chi connectivity index (χ3n) is 3.87. The molecule has 144 valence electrons. The van der Waals surface area contributed by atoms with E-state index >= 15 is 0 Å². The molecular weight excluding hydrogens is 451 g/mol. The highest BCUT2D eigenvalue weighted by Gasteiger charge is 2.24. The Morgan fingerprint density at radius 1 is 1.44 bits per heavy atom. The van der Waals surface area contributed by atoms with Gasteiger partial charge in [0.2, 0.25) is 0 Å². The standard InChI is InChI=1S/C16H30N6OS.HI/c1-6-17-15(18-9-11-24(23)16(3,4)5)20-13-8-7-10-22-14(13)19-12(2)21-22;/h13H,6-11H2,1-5H3,(H2,17,18,20);1H. The number of guanidine groups is 1. The lowest BCUT2D eigenvalue weighted by Gasteiger charge is -2.25. The molecule has 7 nitrogen and oxygen atoms in total. The Morgan fingerprint density at radius 3 is 2.80 bits per heavy atom. The third-order valence-corrected chi connectivity index (χ3v) is 5.78. The predicted molar refractivity (Wildman–Crippen MR) is 114 cm³/mol. The van der Waals surface area contributed by atoms with Crippen LogP contribution in [-0.4, -0.2) is 48.5 Å². The number of hydrogen-bond donors (Lipinski definition) is 2. The summed E-state index contributed by atoms with van der Waals surface area (Å²) in [7, 11) is -0.886. The summed E-state index contributed by atoms with van der Waals surface area (Å²) in [5, 5.41) is 11.2. The van der Waals surface area contributed by atoms with E-state index in [0.29, 0.717) is 12.3 Å². The van der Waals surface area contributed by atoms with Crippen LogP contribution in [0, 0.1) is 6.92 Å². The van der Waals surface area contributed by atoms with Crippen LogP contribution in [-0.2, 0) is 17.3 Å². The van der Waals surface area contributed by atoms with Gasteiger partial charge >= 0.3 is 0 Å². The van der Waals surface area contributed by atoms with Crippen LogP contribution in [0.25, 0.3) is 0 Å². The van der Waals surface area contributed by atoms with E-state index in [1.807, 2.05) is 39.3 Å². The monoisotopic (exact) mass is 482 g/mol. The summed E-state index contributed by atoms with van der Waals surface area (Å²) in [5.74, 6) is 3.10. The van der Waals surface area contributed by atoms with Gasteiger partial charge in [0.25, 0.3) is 0 Å². The van der Waals surface area contributed by atoms with E-state index in [1.54, 1.807) is 0 Å². The van der Waals surface area contributed by atoms with Gasteiger partial charge in [-0.1, -0.05) is 0 Å². The average molecular weight is 482 g/mol. The molecule has 0 radical (unpaired) electrons. The molecule has 1 aromatic rings. The first-order valence-electron chi connectivity index (χ1n) is 8.66. The van der Waals surface area contributed by atoms with Crippen molar-refractivity contribution in [3.05, 3.63) is 11.6 Å². The van der Waals surface area contributed by atoms with Gasteiger partial charge in [0.05, 0.1) is 12.6 Å². The van der Waals surface area contributed by atoms with Gasteiger partial charge in [-0.05, 0) is 47.5 Å². The van der Waals surface area contributed by atoms with Gasteiger partial charge in [0.1, 0.15) is 11.6 Å². The minimum atomic E-state index is -0.886. The van der Waals surface area contributed by atoms with Crippen molar-refractivity contribution in [2.24, 2.45) is 4.99 Å². The molecule has 0 saturated carbocycles. The molecule has 2 rings (SSSR count). The second-order valence-electron chi connectivity index (χ2n) is 7.00. The summed E-state index contributed by atoms with van der Waals surface area (Å²) >= 11 is 0. The molecule has 0 saturated heterocycles. The van der Waals surface area contributed by atoms with Gasteiger partial charge in [0.15, 0.2) is 5.96 Å². The molecule has 25 heavy (non-hydrogen) atoms. The summed E-state index contributed by atoms with van der Waals surface area (Å²) in [6.45, 7) is 12.2. The molecule has 0 aliphatic carbocycles. The van der Waals surface area contributed by atoms with Crippen LogP contribution in [0.5, 0.6) is 0 Å². The lowest BCUT2D eigenvalue weighted by atomic mass is 10.1. The minimum absolute atomic E-state index is 0. The number of rotatable bonds is 5. The highest BCUT2D eigenvalue weighted by atomic mass is 127. The molecule has 1 aliphatic heterocycles. The maximum Gasteiger partial charge on any atom is 0.191 e. The van der Waals surface area contributed by atoms with Gasteiger partial charge in [0, 0.05) is 34.4 Å². The molecular formula is C16H31IN6OS. The highest BCUT2D eigenvalue weighted by molar-refractivity contribution is 14.0. The van der Waals surface area contributed by atoms with E-state index in [2.05, 4.69) is 25.7 Å². The first-order valence-corrected chi connectivity index (χ1v) is 9.98. The first kappa shape index (κ1) is 22.3. The molecule has 0 amide bonds. The van der Waals surface area contributed by atoms with Crippen LogP contribution in [0.4, 0.5) is 0 Å². The Morgan fingerprint density at radius 2 is 2.16 bits per heavy atom. The molecule has 2 unspecified atom stereocenters. The Balaban J connectivity index is 0.00000312. The van der Waals surface area contributed by atoms with Crippen molar-refractivity contribution >= 4 is 40.7 Å². The minimum Gasteiger partial charge on any atom is -0.357 e. The highest BCUT2D eigenvalue weighted by Crippen LogP contribution is 2.22. The van der Waals surface area contributed by atoms with Gasteiger partial charge in [-0.3, -0.25) is 9.20 Å². The quantitative estimate of drug-likeness (QED) is 0.382. The van der Waals surface area contributed by atoms with Crippen LogP contribution < -0.4 is 10.6 Å². The number of aromatic nitrogens is 3. The summed E-state index contributed by atoms with van der Waals surface area (Å²) < 4.78 is 13.9. The summed E-state index contributed by atoms with van der Waals surface area (Å²) in [6, 6.07) is 0.117. The van der Waals surface area contributed by atoms with Crippen LogP contribution >= 0.6 is 24.0 Å². The number of aryl methyl sites for hydroxylation is 2. The van der Waals surface area contributed by atoms with E-state index in [9.17, 15) is 4.21 Å². The number of nitrogens with zero attached hydrogens (tertiary/aromatic N) is 4. The van der Waals surface area contributed by atoms with Crippen LogP contribution in [0.3, 0.4) is 0 Å². The summed E-state index contributed by atoms with van der Waals surface area (Å²) in [6.07, 6.45) is 2.08. The Kier molecular flexibility index (Phi) is 8.79. The van der Waals surface area contributed by atoms with Gasteiger partial charge in [-0.15, -0.1) is 24.0 Å². The fourth-order valence-corrected chi connectivity index (χ4v) is 3.51. The lowest BCUT2D eigenvalue weighted by molar-refractivity contribution is 0.398. The number of fused-ring (bicyclic) bond motifs is 1. The number of hydrogen-bond acceptors (Lipinski definition) is 4. The predicted octanol–water partition coefficient (Wildman–Crippen LogP) is 2.14. The molecule has 2 N–H and O–H groups in total. The molecule has 9 heteroatoms. The lowest BCUT2D eigenvalue weighted by Crippen LogP contribution is -2.42. The number of halogens is 1. The molecule has 1 aromatic heterocycles.